The summed E-state index contributed by atoms with van der Waals surface area (Å²) in [6.45, 7) is 0. The lowest BCUT2D eigenvalue weighted by Crippen LogP contribution is -2.02. The summed E-state index contributed by atoms with van der Waals surface area (Å²) in [6, 6.07) is 10.5. The summed E-state index contributed by atoms with van der Waals surface area (Å²) in [5.41, 5.74) is 7.19. The quantitative estimate of drug-likeness (QED) is 0.486. The lowest BCUT2D eigenvalue weighted by atomic mass is 10.1. The number of nitrogens with one attached hydrogen (secondary N) is 1. The molecule has 2 aromatic heterocycles. The van der Waals surface area contributed by atoms with E-state index < -0.39 is 11.8 Å². The van der Waals surface area contributed by atoms with Gasteiger partial charge in [-0.2, -0.15) is 0 Å². The van der Waals surface area contributed by atoms with E-state index >= 15 is 0 Å². The molecule has 0 aliphatic rings. The highest BCUT2D eigenvalue weighted by atomic mass is 19.1. The van der Waals surface area contributed by atoms with E-state index in [4.69, 9.17) is 5.73 Å². The molecule has 0 aliphatic carbocycles. The highest BCUT2D eigenvalue weighted by Gasteiger charge is 2.13. The molecule has 2 heterocycles. The minimum atomic E-state index is -1.05. The predicted molar refractivity (Wildman–Crippen MR) is 95.9 cm³/mol. The van der Waals surface area contributed by atoms with Crippen molar-refractivity contribution in [2.45, 2.75) is 0 Å². The third kappa shape index (κ3) is 2.73. The maximum absolute atomic E-state index is 13.5. The van der Waals surface area contributed by atoms with E-state index in [0.717, 1.165) is 0 Å². The molecule has 0 bridgehead atoms. The SMILES string of the molecule is Nc1ncc2c(n1)c(Nc1cccc(F)c1)nc1cc(C(=O)O)ccc12. The van der Waals surface area contributed by atoms with Crippen LogP contribution in [0.2, 0.25) is 0 Å². The number of halogens is 1. The smallest absolute Gasteiger partial charge is 0.335 e. The molecule has 0 spiro atoms. The second-order valence-electron chi connectivity index (χ2n) is 5.62. The largest absolute Gasteiger partial charge is 0.478 e. The maximum atomic E-state index is 13.5. The molecular weight excluding hydrogens is 337 g/mol. The molecule has 0 radical (unpaired) electrons. The second kappa shape index (κ2) is 5.92. The summed E-state index contributed by atoms with van der Waals surface area (Å²) in [4.78, 5) is 24.0. The zero-order chi connectivity index (χ0) is 18.3. The number of aromatic nitrogens is 3. The number of hydrogen-bond acceptors (Lipinski definition) is 6. The van der Waals surface area contributed by atoms with E-state index in [1.54, 1.807) is 24.4 Å². The van der Waals surface area contributed by atoms with Crippen LogP contribution in [0.5, 0.6) is 0 Å². The number of benzene rings is 2. The molecule has 26 heavy (non-hydrogen) atoms. The number of nitrogens with zero attached hydrogens (tertiary/aromatic N) is 3. The fourth-order valence-corrected chi connectivity index (χ4v) is 2.72. The molecule has 0 saturated heterocycles. The molecule has 4 aromatic rings. The Hall–Kier alpha value is -3.81. The number of fused-ring (bicyclic) bond motifs is 3. The normalized spacial score (nSPS) is 11.0. The van der Waals surface area contributed by atoms with E-state index in [1.165, 1.54) is 24.3 Å². The number of carbonyl (C=O) groups is 1. The van der Waals surface area contributed by atoms with Gasteiger partial charge in [-0.1, -0.05) is 12.1 Å². The summed E-state index contributed by atoms with van der Waals surface area (Å²) in [7, 11) is 0. The van der Waals surface area contributed by atoms with Crippen molar-refractivity contribution in [3.05, 3.63) is 60.0 Å². The Morgan fingerprint density at radius 3 is 2.73 bits per heavy atom. The second-order valence-corrected chi connectivity index (χ2v) is 5.62. The maximum Gasteiger partial charge on any atom is 0.335 e. The van der Waals surface area contributed by atoms with Crippen molar-refractivity contribution in [3.8, 4) is 0 Å². The first-order valence-corrected chi connectivity index (χ1v) is 7.63. The molecule has 0 unspecified atom stereocenters. The van der Waals surface area contributed by atoms with Crippen LogP contribution in [-0.4, -0.2) is 26.0 Å². The van der Waals surface area contributed by atoms with Crippen molar-refractivity contribution in [1.82, 2.24) is 15.0 Å². The number of anilines is 3. The van der Waals surface area contributed by atoms with Gasteiger partial charge in [0.1, 0.15) is 11.3 Å². The molecule has 7 nitrogen and oxygen atoms in total. The molecule has 0 fully saturated rings. The van der Waals surface area contributed by atoms with Gasteiger partial charge in [-0.05, 0) is 30.3 Å². The van der Waals surface area contributed by atoms with Crippen LogP contribution in [-0.2, 0) is 0 Å². The zero-order valence-electron chi connectivity index (χ0n) is 13.3. The number of carboxylic acid groups (broad SMARTS) is 1. The Morgan fingerprint density at radius 2 is 1.96 bits per heavy atom. The molecular formula is C18H12FN5O2. The van der Waals surface area contributed by atoms with Crippen LogP contribution in [0.25, 0.3) is 21.8 Å². The van der Waals surface area contributed by atoms with Crippen LogP contribution >= 0.6 is 0 Å². The Kier molecular flexibility index (Phi) is 3.58. The summed E-state index contributed by atoms with van der Waals surface area (Å²) in [5, 5.41) is 13.6. The van der Waals surface area contributed by atoms with Gasteiger partial charge in [0.2, 0.25) is 5.95 Å². The Morgan fingerprint density at radius 1 is 1.12 bits per heavy atom. The molecule has 0 aliphatic heterocycles. The van der Waals surface area contributed by atoms with Crippen molar-refractivity contribution < 1.29 is 14.3 Å². The van der Waals surface area contributed by atoms with Crippen LogP contribution in [0.15, 0.2) is 48.7 Å². The summed E-state index contributed by atoms with van der Waals surface area (Å²) in [6.07, 6.45) is 1.55. The number of aromatic carboxylic acids is 1. The Bertz CT molecular complexity index is 1180. The predicted octanol–water partition coefficient (Wildman–Crippen LogP) is 3.34. The van der Waals surface area contributed by atoms with Gasteiger partial charge in [0, 0.05) is 22.7 Å². The van der Waals surface area contributed by atoms with E-state index in [0.29, 0.717) is 33.3 Å². The molecule has 2 aromatic carbocycles. The zero-order valence-corrected chi connectivity index (χ0v) is 13.3. The Labute approximate surface area is 146 Å². The topological polar surface area (TPSA) is 114 Å². The first-order chi connectivity index (χ1) is 12.5. The lowest BCUT2D eigenvalue weighted by molar-refractivity contribution is 0.0697. The number of nitrogen functional groups attached to an aromatic ring is 1. The van der Waals surface area contributed by atoms with Crippen molar-refractivity contribution in [2.75, 3.05) is 11.1 Å². The van der Waals surface area contributed by atoms with Crippen molar-refractivity contribution in [1.29, 1.82) is 0 Å². The molecule has 0 saturated carbocycles. The number of pyridine rings is 1. The first-order valence-electron chi connectivity index (χ1n) is 7.63. The van der Waals surface area contributed by atoms with Crippen LogP contribution in [0.4, 0.5) is 21.8 Å². The van der Waals surface area contributed by atoms with Crippen LogP contribution < -0.4 is 11.1 Å². The molecule has 128 valence electrons. The van der Waals surface area contributed by atoms with Gasteiger partial charge in [0.05, 0.1) is 11.1 Å². The van der Waals surface area contributed by atoms with Gasteiger partial charge in [-0.3, -0.25) is 0 Å². The van der Waals surface area contributed by atoms with Crippen molar-refractivity contribution in [2.24, 2.45) is 0 Å². The van der Waals surface area contributed by atoms with Crippen LogP contribution in [0.3, 0.4) is 0 Å². The number of rotatable bonds is 3. The molecule has 4 N–H and O–H groups in total. The standard InChI is InChI=1S/C18H12FN5O2/c19-10-2-1-3-11(7-10)22-16-15-13(8-21-18(20)24-15)12-5-4-9(17(25)26)6-14(12)23-16/h1-8H,(H,22,23)(H,25,26)(H2,20,21,24). The number of hydrogen-bond donors (Lipinski definition) is 3. The van der Waals surface area contributed by atoms with Crippen molar-refractivity contribution in [3.63, 3.8) is 0 Å². The van der Waals surface area contributed by atoms with Gasteiger partial charge in [0.25, 0.3) is 0 Å². The molecule has 4 rings (SSSR count). The summed E-state index contributed by atoms with van der Waals surface area (Å²) in [5.74, 6) is -1.05. The highest BCUT2D eigenvalue weighted by Crippen LogP contribution is 2.30. The monoisotopic (exact) mass is 349 g/mol. The van der Waals surface area contributed by atoms with E-state index in [-0.39, 0.29) is 11.5 Å². The average molecular weight is 349 g/mol. The minimum Gasteiger partial charge on any atom is -0.478 e. The van der Waals surface area contributed by atoms with Gasteiger partial charge in [-0.15, -0.1) is 0 Å². The van der Waals surface area contributed by atoms with E-state index in [1.807, 2.05) is 0 Å². The fraction of sp³-hybridized carbons (Fsp3) is 0. The lowest BCUT2D eigenvalue weighted by Gasteiger charge is -2.11. The molecule has 0 amide bonds. The average Bonchev–Trinajstić information content (AvgIpc) is 2.61. The Balaban J connectivity index is 1.98. The molecule has 8 heteroatoms. The molecule has 0 atom stereocenters. The van der Waals surface area contributed by atoms with Gasteiger partial charge in [-0.25, -0.2) is 24.1 Å². The minimum absolute atomic E-state index is 0.0723. The highest BCUT2D eigenvalue weighted by molar-refractivity contribution is 6.10. The van der Waals surface area contributed by atoms with Gasteiger partial charge >= 0.3 is 5.97 Å². The van der Waals surface area contributed by atoms with Gasteiger partial charge in [0.15, 0.2) is 5.82 Å². The summed E-state index contributed by atoms with van der Waals surface area (Å²) >= 11 is 0. The van der Waals surface area contributed by atoms with Gasteiger partial charge < -0.3 is 16.2 Å². The van der Waals surface area contributed by atoms with E-state index in [2.05, 4.69) is 20.3 Å². The summed E-state index contributed by atoms with van der Waals surface area (Å²) < 4.78 is 13.5. The van der Waals surface area contributed by atoms with Crippen LogP contribution in [0, 0.1) is 5.82 Å². The third-order valence-corrected chi connectivity index (χ3v) is 3.89. The van der Waals surface area contributed by atoms with E-state index in [9.17, 15) is 14.3 Å². The van der Waals surface area contributed by atoms with Crippen LogP contribution in [0.1, 0.15) is 10.4 Å². The third-order valence-electron chi connectivity index (χ3n) is 3.89. The van der Waals surface area contributed by atoms with Crippen molar-refractivity contribution >= 4 is 45.2 Å². The first kappa shape index (κ1) is 15.7. The number of nitrogens with two attached hydrogens (primary N) is 1. The fourth-order valence-electron chi connectivity index (χ4n) is 2.72. The number of carboxylic acids is 1.